The first kappa shape index (κ1) is 14.3. The summed E-state index contributed by atoms with van der Waals surface area (Å²) in [4.78, 5) is 4.67. The standard InChI is InChI=1S/C16H24N2S/c1-3-4-5-6-7-8-12-17-16-18-15-13(2)10-9-11-14(15)19-16/h9-11H,3-8,12H2,1-2H3,(H,17,18). The molecule has 2 rings (SSSR count). The predicted molar refractivity (Wildman–Crippen MR) is 86.2 cm³/mol. The maximum atomic E-state index is 4.67. The maximum absolute atomic E-state index is 4.67. The van der Waals surface area contributed by atoms with E-state index in [0.29, 0.717) is 0 Å². The lowest BCUT2D eigenvalue weighted by Crippen LogP contribution is -2.00. The van der Waals surface area contributed by atoms with Crippen LogP contribution in [0.3, 0.4) is 0 Å². The molecule has 2 nitrogen and oxygen atoms in total. The van der Waals surface area contributed by atoms with Gasteiger partial charge in [-0.25, -0.2) is 4.98 Å². The Labute approximate surface area is 120 Å². The normalized spacial score (nSPS) is 11.1. The summed E-state index contributed by atoms with van der Waals surface area (Å²) in [5, 5.41) is 4.53. The van der Waals surface area contributed by atoms with Crippen molar-refractivity contribution in [1.82, 2.24) is 4.98 Å². The Kier molecular flexibility index (Phi) is 5.64. The van der Waals surface area contributed by atoms with Gasteiger partial charge in [-0.2, -0.15) is 0 Å². The molecule has 3 heteroatoms. The summed E-state index contributed by atoms with van der Waals surface area (Å²) < 4.78 is 1.28. The molecule has 0 atom stereocenters. The van der Waals surface area contributed by atoms with E-state index in [2.05, 4.69) is 42.3 Å². The van der Waals surface area contributed by atoms with Gasteiger partial charge in [-0.1, -0.05) is 62.5 Å². The van der Waals surface area contributed by atoms with E-state index in [9.17, 15) is 0 Å². The van der Waals surface area contributed by atoms with Crippen molar-refractivity contribution in [2.24, 2.45) is 0 Å². The minimum Gasteiger partial charge on any atom is -0.361 e. The third-order valence-electron chi connectivity index (χ3n) is 3.43. The fraction of sp³-hybridized carbons (Fsp3) is 0.562. The smallest absolute Gasteiger partial charge is 0.183 e. The molecule has 0 unspecified atom stereocenters. The Morgan fingerprint density at radius 2 is 1.89 bits per heavy atom. The van der Waals surface area contributed by atoms with Crippen LogP contribution in [0.4, 0.5) is 5.13 Å². The van der Waals surface area contributed by atoms with Gasteiger partial charge in [0.15, 0.2) is 5.13 Å². The molecule has 0 aliphatic carbocycles. The first-order valence-electron chi connectivity index (χ1n) is 7.41. The van der Waals surface area contributed by atoms with Crippen LogP contribution < -0.4 is 5.32 Å². The molecule has 19 heavy (non-hydrogen) atoms. The highest BCUT2D eigenvalue weighted by Crippen LogP contribution is 2.27. The number of unbranched alkanes of at least 4 members (excludes halogenated alkanes) is 5. The van der Waals surface area contributed by atoms with E-state index >= 15 is 0 Å². The maximum Gasteiger partial charge on any atom is 0.183 e. The van der Waals surface area contributed by atoms with Gasteiger partial charge in [0.25, 0.3) is 0 Å². The molecule has 1 N–H and O–H groups in total. The molecule has 0 bridgehead atoms. The first-order valence-corrected chi connectivity index (χ1v) is 8.23. The summed E-state index contributed by atoms with van der Waals surface area (Å²) in [6, 6.07) is 6.38. The van der Waals surface area contributed by atoms with Crippen molar-refractivity contribution < 1.29 is 0 Å². The van der Waals surface area contributed by atoms with Crippen molar-refractivity contribution in [2.45, 2.75) is 52.4 Å². The van der Waals surface area contributed by atoms with Gasteiger partial charge in [0.2, 0.25) is 0 Å². The molecular formula is C16H24N2S. The van der Waals surface area contributed by atoms with E-state index in [-0.39, 0.29) is 0 Å². The average Bonchev–Trinajstić information content (AvgIpc) is 2.82. The van der Waals surface area contributed by atoms with Crippen molar-refractivity contribution in [2.75, 3.05) is 11.9 Å². The molecule has 104 valence electrons. The van der Waals surface area contributed by atoms with Gasteiger partial charge in [0.05, 0.1) is 10.2 Å². The molecule has 2 aromatic rings. The Hall–Kier alpha value is -1.09. The number of hydrogen-bond donors (Lipinski definition) is 1. The lowest BCUT2D eigenvalue weighted by atomic mass is 10.1. The molecule has 0 saturated carbocycles. The van der Waals surface area contributed by atoms with Crippen LogP contribution in [0.5, 0.6) is 0 Å². The third-order valence-corrected chi connectivity index (χ3v) is 4.41. The number of nitrogens with zero attached hydrogens (tertiary/aromatic N) is 1. The molecule has 0 aliphatic heterocycles. The lowest BCUT2D eigenvalue weighted by molar-refractivity contribution is 0.617. The van der Waals surface area contributed by atoms with Gasteiger partial charge in [-0.05, 0) is 25.0 Å². The highest BCUT2D eigenvalue weighted by molar-refractivity contribution is 7.22. The van der Waals surface area contributed by atoms with Gasteiger partial charge >= 0.3 is 0 Å². The van der Waals surface area contributed by atoms with E-state index in [1.807, 2.05) is 0 Å². The number of thiazole rings is 1. The van der Waals surface area contributed by atoms with Gasteiger partial charge in [0.1, 0.15) is 0 Å². The topological polar surface area (TPSA) is 24.9 Å². The van der Waals surface area contributed by atoms with Crippen LogP contribution in [-0.4, -0.2) is 11.5 Å². The summed E-state index contributed by atoms with van der Waals surface area (Å²) in [6.07, 6.45) is 8.04. The Morgan fingerprint density at radius 3 is 2.68 bits per heavy atom. The van der Waals surface area contributed by atoms with E-state index in [1.54, 1.807) is 11.3 Å². The third kappa shape index (κ3) is 4.20. The fourth-order valence-corrected chi connectivity index (χ4v) is 3.23. The van der Waals surface area contributed by atoms with Crippen molar-refractivity contribution in [1.29, 1.82) is 0 Å². The summed E-state index contributed by atoms with van der Waals surface area (Å²) in [7, 11) is 0. The highest BCUT2D eigenvalue weighted by Gasteiger charge is 2.04. The summed E-state index contributed by atoms with van der Waals surface area (Å²) in [5.74, 6) is 0. The quantitative estimate of drug-likeness (QED) is 0.655. The second-order valence-electron chi connectivity index (χ2n) is 5.14. The summed E-state index contributed by atoms with van der Waals surface area (Å²) in [5.41, 5.74) is 2.42. The van der Waals surface area contributed by atoms with E-state index < -0.39 is 0 Å². The van der Waals surface area contributed by atoms with E-state index in [4.69, 9.17) is 0 Å². The summed E-state index contributed by atoms with van der Waals surface area (Å²) >= 11 is 1.76. The molecule has 0 amide bonds. The monoisotopic (exact) mass is 276 g/mol. The zero-order valence-corrected chi connectivity index (χ0v) is 12.9. The minimum absolute atomic E-state index is 1.05. The van der Waals surface area contributed by atoms with Crippen LogP contribution in [0, 0.1) is 6.92 Å². The number of aryl methyl sites for hydroxylation is 1. The van der Waals surface area contributed by atoms with Crippen molar-refractivity contribution in [3.8, 4) is 0 Å². The highest BCUT2D eigenvalue weighted by atomic mass is 32.1. The van der Waals surface area contributed by atoms with Crippen LogP contribution in [0.25, 0.3) is 10.2 Å². The number of benzene rings is 1. The van der Waals surface area contributed by atoms with Crippen LogP contribution in [0.15, 0.2) is 18.2 Å². The van der Waals surface area contributed by atoms with Crippen molar-refractivity contribution >= 4 is 26.7 Å². The van der Waals surface area contributed by atoms with Crippen LogP contribution in [0.1, 0.15) is 51.0 Å². The number of anilines is 1. The minimum atomic E-state index is 1.05. The molecule has 0 saturated heterocycles. The molecule has 0 radical (unpaired) electrons. The number of rotatable bonds is 8. The SMILES string of the molecule is CCCCCCCCNc1nc2c(C)cccc2s1. The molecular weight excluding hydrogens is 252 g/mol. The lowest BCUT2D eigenvalue weighted by Gasteiger charge is -2.02. The zero-order valence-electron chi connectivity index (χ0n) is 12.0. The second-order valence-corrected chi connectivity index (χ2v) is 6.17. The first-order chi connectivity index (χ1) is 9.31. The number of fused-ring (bicyclic) bond motifs is 1. The average molecular weight is 276 g/mol. The number of para-hydroxylation sites is 1. The van der Waals surface area contributed by atoms with Crippen LogP contribution in [0.2, 0.25) is 0 Å². The second kappa shape index (κ2) is 7.49. The number of aromatic nitrogens is 1. The Balaban J connectivity index is 1.74. The number of nitrogens with one attached hydrogen (secondary N) is 1. The molecule has 1 aromatic carbocycles. The van der Waals surface area contributed by atoms with E-state index in [0.717, 1.165) is 17.2 Å². The van der Waals surface area contributed by atoms with Gasteiger partial charge < -0.3 is 5.32 Å². The van der Waals surface area contributed by atoms with Crippen molar-refractivity contribution in [3.05, 3.63) is 23.8 Å². The molecule has 1 heterocycles. The van der Waals surface area contributed by atoms with Gasteiger partial charge in [-0.3, -0.25) is 0 Å². The predicted octanol–water partition coefficient (Wildman–Crippen LogP) is 5.38. The Morgan fingerprint density at radius 1 is 1.11 bits per heavy atom. The molecule has 0 spiro atoms. The molecule has 0 aliphatic rings. The van der Waals surface area contributed by atoms with Crippen LogP contribution >= 0.6 is 11.3 Å². The van der Waals surface area contributed by atoms with Crippen molar-refractivity contribution in [3.63, 3.8) is 0 Å². The largest absolute Gasteiger partial charge is 0.361 e. The zero-order chi connectivity index (χ0) is 13.5. The van der Waals surface area contributed by atoms with Gasteiger partial charge in [0, 0.05) is 6.54 Å². The summed E-state index contributed by atoms with van der Waals surface area (Å²) in [6.45, 7) is 5.43. The van der Waals surface area contributed by atoms with Gasteiger partial charge in [-0.15, -0.1) is 0 Å². The van der Waals surface area contributed by atoms with E-state index in [1.165, 1.54) is 48.8 Å². The fourth-order valence-electron chi connectivity index (χ4n) is 2.26. The van der Waals surface area contributed by atoms with Crippen LogP contribution in [-0.2, 0) is 0 Å². The number of hydrogen-bond acceptors (Lipinski definition) is 3. The molecule has 0 fully saturated rings. The molecule has 1 aromatic heterocycles. The Bertz CT molecular complexity index is 504.